The van der Waals surface area contributed by atoms with Gasteiger partial charge >= 0.3 is 11.8 Å². The van der Waals surface area contributed by atoms with Gasteiger partial charge in [-0.15, -0.1) is 0 Å². The van der Waals surface area contributed by atoms with Crippen LogP contribution in [0.2, 0.25) is 0 Å². The second-order valence-corrected chi connectivity index (χ2v) is 13.8. The Hall–Kier alpha value is -5.69. The highest BCUT2D eigenvalue weighted by Gasteiger charge is 2.30. The highest BCUT2D eigenvalue weighted by molar-refractivity contribution is 5.94. The molecular formula is C41H43N5O7. The fourth-order valence-electron chi connectivity index (χ4n) is 7.49. The zero-order valence-corrected chi connectivity index (χ0v) is 29.2. The SMILES string of the molecule is NC1CCC(N(C(=O)O)c2cc(CCCn3c(=O)oc4ccc(CNC[C@@H](O)c5ccc(O)c6[nH]c(=O)ccc56)cc43)ccc2-c2ccccc2)CC1. The molecular weight excluding hydrogens is 674 g/mol. The van der Waals surface area contributed by atoms with E-state index >= 15 is 0 Å². The van der Waals surface area contributed by atoms with Crippen molar-refractivity contribution in [3.8, 4) is 16.9 Å². The highest BCUT2D eigenvalue weighted by atomic mass is 16.4. The Morgan fingerprint density at radius 3 is 2.51 bits per heavy atom. The highest BCUT2D eigenvalue weighted by Crippen LogP contribution is 2.36. The molecule has 0 bridgehead atoms. The number of hydrogen-bond acceptors (Lipinski definition) is 8. The van der Waals surface area contributed by atoms with E-state index in [1.807, 2.05) is 60.7 Å². The lowest BCUT2D eigenvalue weighted by molar-refractivity contribution is 0.176. The van der Waals surface area contributed by atoms with Gasteiger partial charge in [0.15, 0.2) is 5.58 Å². The molecule has 0 radical (unpaired) electrons. The van der Waals surface area contributed by atoms with Crippen molar-refractivity contribution >= 4 is 33.8 Å². The van der Waals surface area contributed by atoms with Gasteiger partial charge in [-0.25, -0.2) is 9.59 Å². The molecule has 1 fully saturated rings. The molecule has 2 heterocycles. The van der Waals surface area contributed by atoms with E-state index in [-0.39, 0.29) is 35.5 Å². The lowest BCUT2D eigenvalue weighted by atomic mass is 9.89. The van der Waals surface area contributed by atoms with E-state index in [1.165, 1.54) is 17.0 Å². The minimum Gasteiger partial charge on any atom is -0.506 e. The Morgan fingerprint density at radius 2 is 1.74 bits per heavy atom. The summed E-state index contributed by atoms with van der Waals surface area (Å²) in [7, 11) is 0. The number of nitrogens with zero attached hydrogens (tertiary/aromatic N) is 2. The van der Waals surface area contributed by atoms with Gasteiger partial charge in [-0.1, -0.05) is 54.6 Å². The van der Waals surface area contributed by atoms with E-state index in [2.05, 4.69) is 10.3 Å². The normalized spacial score (nSPS) is 16.6. The van der Waals surface area contributed by atoms with Gasteiger partial charge in [0.25, 0.3) is 0 Å². The molecule has 1 aliphatic carbocycles. The molecule has 12 nitrogen and oxygen atoms in total. The molecule has 1 aliphatic rings. The summed E-state index contributed by atoms with van der Waals surface area (Å²) < 4.78 is 7.17. The maximum Gasteiger partial charge on any atom is 0.419 e. The van der Waals surface area contributed by atoms with Crippen molar-refractivity contribution in [1.82, 2.24) is 14.9 Å². The number of aromatic hydroxyl groups is 1. The zero-order chi connectivity index (χ0) is 37.1. The molecule has 2 aromatic heterocycles. The summed E-state index contributed by atoms with van der Waals surface area (Å²) >= 11 is 0. The maximum atomic E-state index is 12.9. The molecule has 1 saturated carbocycles. The lowest BCUT2D eigenvalue weighted by Gasteiger charge is -2.35. The first-order valence-corrected chi connectivity index (χ1v) is 18.0. The van der Waals surface area contributed by atoms with Crippen molar-refractivity contribution in [2.75, 3.05) is 11.4 Å². The van der Waals surface area contributed by atoms with E-state index in [0.29, 0.717) is 66.5 Å². The quantitative estimate of drug-likeness (QED) is 0.0880. The van der Waals surface area contributed by atoms with Crippen LogP contribution in [0.5, 0.6) is 5.75 Å². The summed E-state index contributed by atoms with van der Waals surface area (Å²) in [5, 5.41) is 35.4. The van der Waals surface area contributed by atoms with Gasteiger partial charge < -0.3 is 35.8 Å². The summed E-state index contributed by atoms with van der Waals surface area (Å²) in [6, 6.07) is 27.2. The number of nitrogens with two attached hydrogens (primary N) is 1. The third kappa shape index (κ3) is 7.75. The van der Waals surface area contributed by atoms with Crippen LogP contribution in [-0.2, 0) is 19.5 Å². The van der Waals surface area contributed by atoms with Crippen LogP contribution in [-0.4, -0.2) is 49.6 Å². The Labute approximate surface area is 305 Å². The smallest absolute Gasteiger partial charge is 0.419 e. The number of carbonyl (C=O) groups is 1. The number of H-pyrrole nitrogens is 1. The summed E-state index contributed by atoms with van der Waals surface area (Å²) in [4.78, 5) is 41.6. The van der Waals surface area contributed by atoms with Gasteiger partial charge in [0.2, 0.25) is 5.56 Å². The first-order chi connectivity index (χ1) is 25.7. The van der Waals surface area contributed by atoms with Gasteiger partial charge in [-0.05, 0) is 91.1 Å². The number of aliphatic hydroxyl groups excluding tert-OH is 1. The topological polar surface area (TPSA) is 187 Å². The number of aliphatic hydroxyl groups is 1. The third-order valence-electron chi connectivity index (χ3n) is 10.2. The van der Waals surface area contributed by atoms with E-state index < -0.39 is 18.0 Å². The monoisotopic (exact) mass is 717 g/mol. The average Bonchev–Trinajstić information content (AvgIpc) is 3.47. The number of benzene rings is 4. The molecule has 0 unspecified atom stereocenters. The standard InChI is InChI=1S/C41H43N5O7/c42-28-10-12-29(13-11-28)46(40(50)51)33-21-25(8-14-30(33)27-6-2-1-3-7-27)5-4-20-45-34-22-26(9-18-37(34)53-41(45)52)23-43-24-36(48)31-15-17-35(47)39-32(31)16-19-38(49)44-39/h1-3,6-9,14-19,21-22,28-29,36,43,47-48H,4-5,10-13,20,23-24,42H2,(H,44,49)(H,50,51)/t28?,29?,36-/m1/s1. The predicted molar refractivity (Wildman–Crippen MR) is 204 cm³/mol. The zero-order valence-electron chi connectivity index (χ0n) is 29.2. The van der Waals surface area contributed by atoms with Crippen molar-refractivity contribution < 1.29 is 24.5 Å². The van der Waals surface area contributed by atoms with Crippen LogP contribution in [0.25, 0.3) is 33.1 Å². The lowest BCUT2D eigenvalue weighted by Crippen LogP contribution is -2.44. The van der Waals surface area contributed by atoms with Crippen LogP contribution in [0.4, 0.5) is 10.5 Å². The molecule has 53 heavy (non-hydrogen) atoms. The number of amides is 1. The number of rotatable bonds is 12. The van der Waals surface area contributed by atoms with Gasteiger partial charge in [0.1, 0.15) is 5.75 Å². The largest absolute Gasteiger partial charge is 0.506 e. The van der Waals surface area contributed by atoms with Crippen molar-refractivity contribution in [2.24, 2.45) is 5.73 Å². The average molecular weight is 718 g/mol. The molecule has 6 aromatic rings. The number of fused-ring (bicyclic) bond motifs is 2. The number of anilines is 1. The summed E-state index contributed by atoms with van der Waals surface area (Å²) in [5.74, 6) is -0.525. The number of aryl methyl sites for hydroxylation is 2. The number of phenols is 1. The molecule has 1 amide bonds. The van der Waals surface area contributed by atoms with Crippen LogP contribution >= 0.6 is 0 Å². The van der Waals surface area contributed by atoms with Crippen LogP contribution < -0.4 is 27.3 Å². The van der Waals surface area contributed by atoms with E-state index in [1.54, 1.807) is 22.8 Å². The van der Waals surface area contributed by atoms with Crippen LogP contribution in [0.15, 0.2) is 105 Å². The summed E-state index contributed by atoms with van der Waals surface area (Å²) in [5.41, 5.74) is 12.1. The molecule has 4 aromatic carbocycles. The fraction of sp³-hybridized carbons (Fsp3) is 0.293. The number of aromatic nitrogens is 2. The Morgan fingerprint density at radius 1 is 0.962 bits per heavy atom. The third-order valence-corrected chi connectivity index (χ3v) is 10.2. The number of oxazole rings is 1. The van der Waals surface area contributed by atoms with Crippen LogP contribution in [0.3, 0.4) is 0 Å². The predicted octanol–water partition coefficient (Wildman–Crippen LogP) is 6.02. The second-order valence-electron chi connectivity index (χ2n) is 13.8. The maximum absolute atomic E-state index is 12.9. The molecule has 0 spiro atoms. The first kappa shape index (κ1) is 35.7. The van der Waals surface area contributed by atoms with Gasteiger partial charge in [0, 0.05) is 48.7 Å². The number of aromatic amines is 1. The molecule has 7 N–H and O–H groups in total. The summed E-state index contributed by atoms with van der Waals surface area (Å²) in [6.07, 6.45) is 2.31. The van der Waals surface area contributed by atoms with Crippen LogP contribution in [0, 0.1) is 0 Å². The van der Waals surface area contributed by atoms with Crippen molar-refractivity contribution in [3.05, 3.63) is 129 Å². The number of carboxylic acid groups (broad SMARTS) is 1. The number of hydrogen-bond donors (Lipinski definition) is 6. The Kier molecular flexibility index (Phi) is 10.4. The van der Waals surface area contributed by atoms with Crippen molar-refractivity contribution in [3.63, 3.8) is 0 Å². The second kappa shape index (κ2) is 15.5. The molecule has 274 valence electrons. The Bertz CT molecular complexity index is 2360. The Balaban J connectivity index is 1.05. The molecule has 7 rings (SSSR count). The fourth-order valence-corrected chi connectivity index (χ4v) is 7.49. The van der Waals surface area contributed by atoms with E-state index in [9.17, 15) is 29.7 Å². The van der Waals surface area contributed by atoms with E-state index in [0.717, 1.165) is 35.1 Å². The molecule has 0 aliphatic heterocycles. The van der Waals surface area contributed by atoms with Crippen molar-refractivity contribution in [1.29, 1.82) is 0 Å². The number of phenolic OH excluding ortho intramolecular Hbond substituents is 1. The van der Waals surface area contributed by atoms with E-state index in [4.69, 9.17) is 10.2 Å². The van der Waals surface area contributed by atoms with Crippen LogP contribution in [0.1, 0.15) is 54.9 Å². The van der Waals surface area contributed by atoms with Gasteiger partial charge in [-0.3, -0.25) is 14.3 Å². The van der Waals surface area contributed by atoms with Gasteiger partial charge in [-0.2, -0.15) is 0 Å². The molecule has 0 saturated heterocycles. The molecule has 1 atom stereocenters. The first-order valence-electron chi connectivity index (χ1n) is 18.0. The minimum absolute atomic E-state index is 0.0720. The molecule has 12 heteroatoms. The van der Waals surface area contributed by atoms with Crippen molar-refractivity contribution in [2.45, 2.75) is 69.8 Å². The number of nitrogens with one attached hydrogen (secondary N) is 2. The van der Waals surface area contributed by atoms with Gasteiger partial charge in [0.05, 0.1) is 22.8 Å². The minimum atomic E-state index is -0.984. The summed E-state index contributed by atoms with van der Waals surface area (Å²) in [6.45, 7) is 1.01. The number of pyridine rings is 1.